The molecule has 160 valence electrons. The summed E-state index contributed by atoms with van der Waals surface area (Å²) in [6, 6.07) is 9.01. The van der Waals surface area contributed by atoms with Crippen LogP contribution in [0, 0.1) is 0 Å². The van der Waals surface area contributed by atoms with Crippen LogP contribution in [-0.2, 0) is 18.3 Å². The van der Waals surface area contributed by atoms with Gasteiger partial charge in [-0.25, -0.2) is 0 Å². The molecule has 1 aromatic carbocycles. The van der Waals surface area contributed by atoms with Crippen molar-refractivity contribution in [2.75, 3.05) is 25.5 Å². The van der Waals surface area contributed by atoms with E-state index in [0.29, 0.717) is 12.0 Å². The zero-order valence-corrected chi connectivity index (χ0v) is 17.6. The number of aromatic nitrogens is 1. The highest BCUT2D eigenvalue weighted by Gasteiger charge is 2.19. The predicted molar refractivity (Wildman–Crippen MR) is 116 cm³/mol. The molecule has 1 aliphatic rings. The molecule has 7 heteroatoms. The standard InChI is InChI=1S/C23H29N3O4/c1-25-16-18(22(28)26-13-5-3-4-6-14-26)15-20(23(25)29)24-21(27)12-9-17-7-10-19(30-2)11-8-17/h7-8,10-11,15-16H,3-6,9,12-14H2,1-2H3,(H,24,27). The molecule has 1 N–H and O–H groups in total. The lowest BCUT2D eigenvalue weighted by atomic mass is 10.1. The summed E-state index contributed by atoms with van der Waals surface area (Å²) < 4.78 is 6.48. The fourth-order valence-electron chi connectivity index (χ4n) is 3.64. The van der Waals surface area contributed by atoms with Crippen LogP contribution in [0.1, 0.15) is 48.0 Å². The number of hydrogen-bond donors (Lipinski definition) is 1. The first-order valence-corrected chi connectivity index (χ1v) is 10.4. The molecule has 1 aromatic heterocycles. The molecule has 2 aromatic rings. The highest BCUT2D eigenvalue weighted by atomic mass is 16.5. The summed E-state index contributed by atoms with van der Waals surface area (Å²) in [4.78, 5) is 39.6. The number of nitrogens with one attached hydrogen (secondary N) is 1. The van der Waals surface area contributed by atoms with E-state index >= 15 is 0 Å². The van der Waals surface area contributed by atoms with Gasteiger partial charge in [0.1, 0.15) is 11.4 Å². The maximum atomic E-state index is 12.9. The van der Waals surface area contributed by atoms with Crippen molar-refractivity contribution in [3.8, 4) is 5.75 Å². The second-order valence-electron chi connectivity index (χ2n) is 7.66. The molecule has 1 fully saturated rings. The molecule has 0 bridgehead atoms. The van der Waals surface area contributed by atoms with Crippen LogP contribution >= 0.6 is 0 Å². The number of likely N-dealkylation sites (tertiary alicyclic amines) is 1. The normalized spacial score (nSPS) is 14.1. The predicted octanol–water partition coefficient (Wildman–Crippen LogP) is 2.98. The smallest absolute Gasteiger partial charge is 0.274 e. The molecule has 0 radical (unpaired) electrons. The summed E-state index contributed by atoms with van der Waals surface area (Å²) in [5.41, 5.74) is 1.23. The first-order chi connectivity index (χ1) is 14.5. The van der Waals surface area contributed by atoms with Crippen molar-refractivity contribution in [3.05, 3.63) is 58.0 Å². The summed E-state index contributed by atoms with van der Waals surface area (Å²) in [7, 11) is 3.20. The minimum absolute atomic E-state index is 0.0961. The molecule has 0 unspecified atom stereocenters. The molecule has 3 rings (SSSR count). The van der Waals surface area contributed by atoms with Crippen LogP contribution < -0.4 is 15.6 Å². The molecule has 2 heterocycles. The number of nitrogens with zero attached hydrogens (tertiary/aromatic N) is 2. The van der Waals surface area contributed by atoms with Crippen LogP contribution in [-0.4, -0.2) is 41.5 Å². The topological polar surface area (TPSA) is 80.6 Å². The number of benzene rings is 1. The van der Waals surface area contributed by atoms with Crippen molar-refractivity contribution in [2.45, 2.75) is 38.5 Å². The Morgan fingerprint density at radius 1 is 1.07 bits per heavy atom. The summed E-state index contributed by atoms with van der Waals surface area (Å²) in [6.07, 6.45) is 6.57. The van der Waals surface area contributed by atoms with Gasteiger partial charge in [-0.05, 0) is 43.0 Å². The highest BCUT2D eigenvalue weighted by molar-refractivity contribution is 5.96. The lowest BCUT2D eigenvalue weighted by molar-refractivity contribution is -0.116. The van der Waals surface area contributed by atoms with Gasteiger partial charge in [0.25, 0.3) is 11.5 Å². The summed E-state index contributed by atoms with van der Waals surface area (Å²) in [5, 5.41) is 2.69. The van der Waals surface area contributed by atoms with Crippen molar-refractivity contribution in [1.82, 2.24) is 9.47 Å². The molecule has 7 nitrogen and oxygen atoms in total. The number of carbonyl (C=O) groups excluding carboxylic acids is 2. The fraction of sp³-hybridized carbons (Fsp3) is 0.435. The van der Waals surface area contributed by atoms with Crippen LogP contribution in [0.15, 0.2) is 41.3 Å². The van der Waals surface area contributed by atoms with Crippen LogP contribution in [0.25, 0.3) is 0 Å². The Labute approximate surface area is 176 Å². The third kappa shape index (κ3) is 5.49. The van der Waals surface area contributed by atoms with E-state index < -0.39 is 0 Å². The van der Waals surface area contributed by atoms with E-state index in [1.165, 1.54) is 10.6 Å². The van der Waals surface area contributed by atoms with Gasteiger partial charge >= 0.3 is 0 Å². The van der Waals surface area contributed by atoms with Crippen LogP contribution in [0.4, 0.5) is 5.69 Å². The Bertz CT molecular complexity index is 942. The van der Waals surface area contributed by atoms with Crippen molar-refractivity contribution in [3.63, 3.8) is 0 Å². The van der Waals surface area contributed by atoms with Crippen molar-refractivity contribution in [1.29, 1.82) is 0 Å². The number of ether oxygens (including phenoxy) is 1. The van der Waals surface area contributed by atoms with Crippen LogP contribution in [0.3, 0.4) is 0 Å². The number of pyridine rings is 1. The molecular weight excluding hydrogens is 382 g/mol. The Morgan fingerprint density at radius 2 is 1.73 bits per heavy atom. The van der Waals surface area contributed by atoms with E-state index in [-0.39, 0.29) is 29.5 Å². The van der Waals surface area contributed by atoms with Crippen LogP contribution in [0.5, 0.6) is 5.75 Å². The van der Waals surface area contributed by atoms with Gasteiger partial charge in [-0.2, -0.15) is 0 Å². The minimum Gasteiger partial charge on any atom is -0.497 e. The van der Waals surface area contributed by atoms with E-state index in [4.69, 9.17) is 4.74 Å². The average Bonchev–Trinajstić information content (AvgIpc) is 3.04. The number of carbonyl (C=O) groups is 2. The second-order valence-corrected chi connectivity index (χ2v) is 7.66. The number of aryl methyl sites for hydroxylation is 2. The van der Waals surface area contributed by atoms with E-state index in [9.17, 15) is 14.4 Å². The number of anilines is 1. The van der Waals surface area contributed by atoms with Crippen LogP contribution in [0.2, 0.25) is 0 Å². The zero-order chi connectivity index (χ0) is 21.5. The molecule has 0 spiro atoms. The Hall–Kier alpha value is -3.09. The Morgan fingerprint density at radius 3 is 2.37 bits per heavy atom. The largest absolute Gasteiger partial charge is 0.497 e. The van der Waals surface area contributed by atoms with Gasteiger partial charge in [0.15, 0.2) is 0 Å². The maximum Gasteiger partial charge on any atom is 0.274 e. The molecular formula is C23H29N3O4. The van der Waals surface area contributed by atoms with Gasteiger partial charge in [-0.15, -0.1) is 0 Å². The fourth-order valence-corrected chi connectivity index (χ4v) is 3.64. The van der Waals surface area contributed by atoms with Crippen molar-refractivity contribution < 1.29 is 14.3 Å². The molecule has 0 atom stereocenters. The number of amides is 2. The van der Waals surface area contributed by atoms with Gasteiger partial charge < -0.3 is 19.5 Å². The SMILES string of the molecule is COc1ccc(CCC(=O)Nc2cc(C(=O)N3CCCCCC3)cn(C)c2=O)cc1. The third-order valence-electron chi connectivity index (χ3n) is 5.40. The third-order valence-corrected chi connectivity index (χ3v) is 5.40. The zero-order valence-electron chi connectivity index (χ0n) is 17.6. The van der Waals surface area contributed by atoms with Gasteiger partial charge in [0.05, 0.1) is 12.7 Å². The molecule has 1 saturated heterocycles. The lowest BCUT2D eigenvalue weighted by Crippen LogP contribution is -2.33. The molecule has 0 saturated carbocycles. The highest BCUT2D eigenvalue weighted by Crippen LogP contribution is 2.16. The van der Waals surface area contributed by atoms with Crippen molar-refractivity contribution in [2.24, 2.45) is 7.05 Å². The summed E-state index contributed by atoms with van der Waals surface area (Å²) >= 11 is 0. The Balaban J connectivity index is 1.67. The summed E-state index contributed by atoms with van der Waals surface area (Å²) in [5.74, 6) is 0.404. The van der Waals surface area contributed by atoms with E-state index in [2.05, 4.69) is 5.32 Å². The minimum atomic E-state index is -0.333. The maximum absolute atomic E-state index is 12.9. The molecule has 30 heavy (non-hydrogen) atoms. The van der Waals surface area contributed by atoms with E-state index in [0.717, 1.165) is 50.1 Å². The van der Waals surface area contributed by atoms with Gasteiger partial charge in [0, 0.05) is 32.8 Å². The van der Waals surface area contributed by atoms with Crippen molar-refractivity contribution >= 4 is 17.5 Å². The lowest BCUT2D eigenvalue weighted by Gasteiger charge is -2.21. The average molecular weight is 412 g/mol. The number of hydrogen-bond acceptors (Lipinski definition) is 4. The molecule has 2 amide bonds. The summed E-state index contributed by atoms with van der Waals surface area (Å²) in [6.45, 7) is 1.45. The van der Waals surface area contributed by atoms with E-state index in [1.807, 2.05) is 29.2 Å². The van der Waals surface area contributed by atoms with Gasteiger partial charge in [-0.1, -0.05) is 25.0 Å². The first kappa shape index (κ1) is 21.6. The second kappa shape index (κ2) is 10.1. The Kier molecular flexibility index (Phi) is 7.27. The first-order valence-electron chi connectivity index (χ1n) is 10.4. The molecule has 1 aliphatic heterocycles. The monoisotopic (exact) mass is 411 g/mol. The quantitative estimate of drug-likeness (QED) is 0.792. The van der Waals surface area contributed by atoms with Gasteiger partial charge in [-0.3, -0.25) is 14.4 Å². The number of methoxy groups -OCH3 is 1. The van der Waals surface area contributed by atoms with E-state index in [1.54, 1.807) is 20.4 Å². The number of rotatable bonds is 6. The molecule has 0 aliphatic carbocycles. The van der Waals surface area contributed by atoms with Gasteiger partial charge in [0.2, 0.25) is 5.91 Å².